The van der Waals surface area contributed by atoms with Crippen molar-refractivity contribution < 1.29 is 23.8 Å². The van der Waals surface area contributed by atoms with Crippen LogP contribution in [0.1, 0.15) is 26.0 Å². The predicted molar refractivity (Wildman–Crippen MR) is 103 cm³/mol. The summed E-state index contributed by atoms with van der Waals surface area (Å²) in [6.07, 6.45) is 0.00676. The van der Waals surface area contributed by atoms with Gasteiger partial charge in [0.15, 0.2) is 17.6 Å². The number of nitrogens with one attached hydrogen (secondary N) is 1. The van der Waals surface area contributed by atoms with Crippen molar-refractivity contribution >= 4 is 23.2 Å². The highest BCUT2D eigenvalue weighted by Gasteiger charge is 2.18. The minimum absolute atomic E-state index is 0.00911. The first kappa shape index (κ1) is 20.7. The molecule has 0 saturated carbocycles. The van der Waals surface area contributed by atoms with Gasteiger partial charge in [0, 0.05) is 17.5 Å². The summed E-state index contributed by atoms with van der Waals surface area (Å²) in [6.45, 7) is 4.07. The van der Waals surface area contributed by atoms with Gasteiger partial charge in [-0.25, -0.2) is 4.98 Å². The molecule has 1 aromatic heterocycles. The first-order valence-corrected chi connectivity index (χ1v) is 9.50. The lowest BCUT2D eigenvalue weighted by atomic mass is 10.2. The van der Waals surface area contributed by atoms with E-state index in [1.807, 2.05) is 19.1 Å². The van der Waals surface area contributed by atoms with Gasteiger partial charge in [-0.15, -0.1) is 11.3 Å². The molecule has 0 aliphatic carbocycles. The molecule has 1 unspecified atom stereocenters. The molecule has 1 atom stereocenters. The van der Waals surface area contributed by atoms with Crippen LogP contribution in [0.25, 0.3) is 10.6 Å². The molecule has 8 heteroatoms. The van der Waals surface area contributed by atoms with E-state index in [1.165, 1.54) is 11.3 Å². The van der Waals surface area contributed by atoms with Gasteiger partial charge >= 0.3 is 5.97 Å². The van der Waals surface area contributed by atoms with E-state index in [0.29, 0.717) is 23.7 Å². The average molecular weight is 392 g/mol. The van der Waals surface area contributed by atoms with Crippen LogP contribution < -0.4 is 14.8 Å². The molecule has 0 aliphatic heterocycles. The van der Waals surface area contributed by atoms with Gasteiger partial charge in [-0.3, -0.25) is 9.59 Å². The summed E-state index contributed by atoms with van der Waals surface area (Å²) in [7, 11) is 3.15. The highest BCUT2D eigenvalue weighted by Crippen LogP contribution is 2.33. The number of carbonyl (C=O) groups is 2. The standard InChI is InChI=1S/C19H24N2O5S/c1-5-8-20-18(23)12(2)26-17(22)10-14-11-27-19(21-14)13-6-7-15(24-3)16(9-13)25-4/h6-7,9,11-12H,5,8,10H2,1-4H3,(H,20,23). The van der Waals surface area contributed by atoms with E-state index in [-0.39, 0.29) is 12.3 Å². The summed E-state index contributed by atoms with van der Waals surface area (Å²) in [4.78, 5) is 28.3. The second-order valence-electron chi connectivity index (χ2n) is 5.81. The number of thiazole rings is 1. The van der Waals surface area contributed by atoms with E-state index in [9.17, 15) is 9.59 Å². The zero-order valence-corrected chi connectivity index (χ0v) is 16.7. The van der Waals surface area contributed by atoms with E-state index >= 15 is 0 Å². The molecule has 0 bridgehead atoms. The average Bonchev–Trinajstić information content (AvgIpc) is 3.13. The molecule has 146 valence electrons. The van der Waals surface area contributed by atoms with Crippen molar-refractivity contribution in [1.29, 1.82) is 0 Å². The maximum atomic E-state index is 12.1. The van der Waals surface area contributed by atoms with Crippen LogP contribution in [0.3, 0.4) is 0 Å². The first-order chi connectivity index (χ1) is 13.0. The Morgan fingerprint density at radius 1 is 1.22 bits per heavy atom. The smallest absolute Gasteiger partial charge is 0.312 e. The topological polar surface area (TPSA) is 86.8 Å². The minimum Gasteiger partial charge on any atom is -0.493 e. The molecule has 7 nitrogen and oxygen atoms in total. The summed E-state index contributed by atoms with van der Waals surface area (Å²) < 4.78 is 15.7. The SMILES string of the molecule is CCCNC(=O)C(C)OC(=O)Cc1csc(-c2ccc(OC)c(OC)c2)n1. The minimum atomic E-state index is -0.826. The van der Waals surface area contributed by atoms with E-state index in [0.717, 1.165) is 17.0 Å². The number of aromatic nitrogens is 1. The van der Waals surface area contributed by atoms with Gasteiger partial charge in [0.25, 0.3) is 5.91 Å². The third-order valence-electron chi connectivity index (χ3n) is 3.73. The van der Waals surface area contributed by atoms with Crippen LogP contribution in [0.4, 0.5) is 0 Å². The predicted octanol–water partition coefficient (Wildman–Crippen LogP) is 2.83. The molecule has 2 aromatic rings. The Bertz CT molecular complexity index is 790. The summed E-state index contributed by atoms with van der Waals surface area (Å²) >= 11 is 1.42. The summed E-state index contributed by atoms with van der Waals surface area (Å²) in [6, 6.07) is 5.52. The molecule has 0 fully saturated rings. The molecule has 1 aromatic carbocycles. The van der Waals surface area contributed by atoms with E-state index in [4.69, 9.17) is 14.2 Å². The molecule has 27 heavy (non-hydrogen) atoms. The fourth-order valence-corrected chi connectivity index (χ4v) is 3.14. The molecule has 0 saturated heterocycles. The zero-order valence-electron chi connectivity index (χ0n) is 15.9. The highest BCUT2D eigenvalue weighted by atomic mass is 32.1. The lowest BCUT2D eigenvalue weighted by molar-refractivity contribution is -0.154. The van der Waals surface area contributed by atoms with Crippen molar-refractivity contribution in [3.63, 3.8) is 0 Å². The first-order valence-electron chi connectivity index (χ1n) is 8.62. The molecule has 0 spiro atoms. The summed E-state index contributed by atoms with van der Waals surface area (Å²) in [5, 5.41) is 5.25. The number of ether oxygens (including phenoxy) is 3. The number of amides is 1. The van der Waals surface area contributed by atoms with Gasteiger partial charge in [0.1, 0.15) is 5.01 Å². The van der Waals surface area contributed by atoms with Crippen molar-refractivity contribution in [1.82, 2.24) is 10.3 Å². The molecule has 0 radical (unpaired) electrons. The van der Waals surface area contributed by atoms with Crippen LogP contribution in [-0.2, 0) is 20.7 Å². The maximum Gasteiger partial charge on any atom is 0.312 e. The summed E-state index contributed by atoms with van der Waals surface area (Å²) in [5.41, 5.74) is 1.46. The zero-order chi connectivity index (χ0) is 19.8. The van der Waals surface area contributed by atoms with Gasteiger partial charge < -0.3 is 19.5 Å². The van der Waals surface area contributed by atoms with E-state index in [1.54, 1.807) is 32.6 Å². The summed E-state index contributed by atoms with van der Waals surface area (Å²) in [5.74, 6) is 0.461. The number of methoxy groups -OCH3 is 2. The van der Waals surface area contributed by atoms with Crippen LogP contribution >= 0.6 is 11.3 Å². The van der Waals surface area contributed by atoms with Crippen LogP contribution in [-0.4, -0.2) is 43.7 Å². The Kier molecular flexibility index (Phi) is 7.60. The molecule has 1 heterocycles. The number of hydrogen-bond donors (Lipinski definition) is 1. The molecule has 1 N–H and O–H groups in total. The van der Waals surface area contributed by atoms with Gasteiger partial charge in [-0.2, -0.15) is 0 Å². The van der Waals surface area contributed by atoms with Crippen LogP contribution in [0.15, 0.2) is 23.6 Å². The van der Waals surface area contributed by atoms with Crippen LogP contribution in [0.5, 0.6) is 11.5 Å². The number of carbonyl (C=O) groups excluding carboxylic acids is 2. The normalized spacial score (nSPS) is 11.6. The van der Waals surface area contributed by atoms with Gasteiger partial charge in [0.05, 0.1) is 26.3 Å². The van der Waals surface area contributed by atoms with Crippen molar-refractivity contribution in [3.05, 3.63) is 29.3 Å². The van der Waals surface area contributed by atoms with Crippen molar-refractivity contribution in [2.75, 3.05) is 20.8 Å². The Labute approximate surface area is 162 Å². The fourth-order valence-electron chi connectivity index (χ4n) is 2.32. The number of hydrogen-bond acceptors (Lipinski definition) is 7. The molecular weight excluding hydrogens is 368 g/mol. The third kappa shape index (κ3) is 5.68. The third-order valence-corrected chi connectivity index (χ3v) is 4.67. The fraction of sp³-hybridized carbons (Fsp3) is 0.421. The quantitative estimate of drug-likeness (QED) is 0.661. The number of rotatable bonds is 9. The number of benzene rings is 1. The van der Waals surface area contributed by atoms with E-state index in [2.05, 4.69) is 10.3 Å². The van der Waals surface area contributed by atoms with Crippen LogP contribution in [0.2, 0.25) is 0 Å². The van der Waals surface area contributed by atoms with Crippen LogP contribution in [0, 0.1) is 0 Å². The van der Waals surface area contributed by atoms with Gasteiger partial charge in [-0.05, 0) is 31.5 Å². The number of nitrogens with zero attached hydrogens (tertiary/aromatic N) is 1. The van der Waals surface area contributed by atoms with Gasteiger partial charge in [-0.1, -0.05) is 6.92 Å². The van der Waals surface area contributed by atoms with E-state index < -0.39 is 12.1 Å². The Morgan fingerprint density at radius 2 is 1.96 bits per heavy atom. The second-order valence-corrected chi connectivity index (χ2v) is 6.67. The lowest BCUT2D eigenvalue weighted by Crippen LogP contribution is -2.36. The molecule has 0 aliphatic rings. The highest BCUT2D eigenvalue weighted by molar-refractivity contribution is 7.13. The van der Waals surface area contributed by atoms with Crippen molar-refractivity contribution in [2.24, 2.45) is 0 Å². The largest absolute Gasteiger partial charge is 0.493 e. The Hall–Kier alpha value is -2.61. The lowest BCUT2D eigenvalue weighted by Gasteiger charge is -2.12. The van der Waals surface area contributed by atoms with Crippen molar-refractivity contribution in [3.8, 4) is 22.1 Å². The molecule has 1 amide bonds. The van der Waals surface area contributed by atoms with Gasteiger partial charge in [0.2, 0.25) is 0 Å². The second kappa shape index (κ2) is 9.91. The molecular formula is C19H24N2O5S. The molecule has 2 rings (SSSR count). The van der Waals surface area contributed by atoms with Crippen molar-refractivity contribution in [2.45, 2.75) is 32.8 Å². The monoisotopic (exact) mass is 392 g/mol. The maximum absolute atomic E-state index is 12.1. The number of esters is 1. The Balaban J connectivity index is 1.99. The Morgan fingerprint density at radius 3 is 2.63 bits per heavy atom.